The largest absolute Gasteiger partial charge is 0.473 e. The van der Waals surface area contributed by atoms with Crippen LogP contribution in [-0.4, -0.2) is 17.1 Å². The third-order valence-corrected chi connectivity index (χ3v) is 2.67. The molecule has 0 saturated heterocycles. The van der Waals surface area contributed by atoms with Crippen LogP contribution in [0.1, 0.15) is 24.8 Å². The molecule has 0 spiro atoms. The summed E-state index contributed by atoms with van der Waals surface area (Å²) >= 11 is 0. The second-order valence-corrected chi connectivity index (χ2v) is 3.92. The number of pyridine rings is 1. The van der Waals surface area contributed by atoms with Gasteiger partial charge in [0.25, 0.3) is 0 Å². The van der Waals surface area contributed by atoms with Crippen molar-refractivity contribution in [3.63, 3.8) is 0 Å². The average molecular weight is 192 g/mol. The van der Waals surface area contributed by atoms with Crippen LogP contribution in [0.3, 0.4) is 0 Å². The summed E-state index contributed by atoms with van der Waals surface area (Å²) < 4.78 is 5.73. The van der Waals surface area contributed by atoms with E-state index in [0.29, 0.717) is 5.88 Å². The van der Waals surface area contributed by atoms with Gasteiger partial charge in [-0.05, 0) is 37.8 Å². The van der Waals surface area contributed by atoms with E-state index < -0.39 is 0 Å². The number of ether oxygens (including phenoxy) is 1. The predicted octanol–water partition coefficient (Wildman–Crippen LogP) is 1.65. The molecule has 0 aromatic carbocycles. The van der Waals surface area contributed by atoms with Gasteiger partial charge >= 0.3 is 0 Å². The molecule has 1 aromatic heterocycles. The van der Waals surface area contributed by atoms with E-state index in [1.807, 2.05) is 19.1 Å². The Bertz CT molecular complexity index is 314. The first kappa shape index (κ1) is 9.46. The zero-order chi connectivity index (χ0) is 9.97. The molecule has 76 valence electrons. The van der Waals surface area contributed by atoms with Crippen LogP contribution >= 0.6 is 0 Å². The average Bonchev–Trinajstić information content (AvgIpc) is 2.52. The second kappa shape index (κ2) is 3.96. The lowest BCUT2D eigenvalue weighted by molar-refractivity contribution is 0.184. The molecule has 1 saturated carbocycles. The zero-order valence-corrected chi connectivity index (χ0v) is 8.44. The van der Waals surface area contributed by atoms with Crippen LogP contribution < -0.4 is 10.5 Å². The molecule has 1 aliphatic rings. The molecule has 1 heterocycles. The lowest BCUT2D eigenvalue weighted by Crippen LogP contribution is -2.33. The van der Waals surface area contributed by atoms with E-state index in [4.69, 9.17) is 10.5 Å². The van der Waals surface area contributed by atoms with Crippen molar-refractivity contribution < 1.29 is 4.74 Å². The summed E-state index contributed by atoms with van der Waals surface area (Å²) in [5.74, 6) is 0.701. The summed E-state index contributed by atoms with van der Waals surface area (Å²) in [6, 6.07) is 4.09. The van der Waals surface area contributed by atoms with Gasteiger partial charge in [0, 0.05) is 18.3 Å². The lowest BCUT2D eigenvalue weighted by Gasteiger charge is -2.16. The van der Waals surface area contributed by atoms with Crippen molar-refractivity contribution in [3.05, 3.63) is 23.9 Å². The summed E-state index contributed by atoms with van der Waals surface area (Å²) in [7, 11) is 0. The Labute approximate surface area is 84.3 Å². The molecule has 1 aliphatic carbocycles. The smallest absolute Gasteiger partial charge is 0.213 e. The van der Waals surface area contributed by atoms with Crippen molar-refractivity contribution in [2.45, 2.75) is 38.3 Å². The van der Waals surface area contributed by atoms with Crippen molar-refractivity contribution >= 4 is 0 Å². The molecule has 3 heteroatoms. The molecule has 0 radical (unpaired) electrons. The van der Waals surface area contributed by atoms with E-state index in [-0.39, 0.29) is 12.1 Å². The van der Waals surface area contributed by atoms with Gasteiger partial charge < -0.3 is 10.5 Å². The van der Waals surface area contributed by atoms with E-state index >= 15 is 0 Å². The maximum absolute atomic E-state index is 5.91. The van der Waals surface area contributed by atoms with Crippen molar-refractivity contribution in [2.24, 2.45) is 5.73 Å². The van der Waals surface area contributed by atoms with Gasteiger partial charge in [-0.25, -0.2) is 4.98 Å². The van der Waals surface area contributed by atoms with Crippen LogP contribution in [0.5, 0.6) is 5.88 Å². The van der Waals surface area contributed by atoms with Gasteiger partial charge in [-0.3, -0.25) is 0 Å². The Morgan fingerprint density at radius 3 is 3.00 bits per heavy atom. The van der Waals surface area contributed by atoms with Gasteiger partial charge in [0.05, 0.1) is 0 Å². The monoisotopic (exact) mass is 192 g/mol. The number of hydrogen-bond acceptors (Lipinski definition) is 3. The third kappa shape index (κ3) is 2.04. The quantitative estimate of drug-likeness (QED) is 0.775. The minimum absolute atomic E-state index is 0.157. The van der Waals surface area contributed by atoms with E-state index in [1.165, 1.54) is 5.56 Å². The summed E-state index contributed by atoms with van der Waals surface area (Å²) in [6.07, 6.45) is 5.21. The topological polar surface area (TPSA) is 48.1 Å². The first-order valence-corrected chi connectivity index (χ1v) is 5.10. The number of aryl methyl sites for hydroxylation is 1. The molecule has 0 amide bonds. The standard InChI is InChI=1S/C11H16N2O/c1-8-5-6-13-11(7-8)14-10-4-2-3-9(10)12/h5-7,9-10H,2-4,12H2,1H3. The maximum atomic E-state index is 5.91. The van der Waals surface area contributed by atoms with Crippen molar-refractivity contribution in [3.8, 4) is 5.88 Å². The molecule has 0 bridgehead atoms. The molecule has 1 aromatic rings. The normalized spacial score (nSPS) is 26.4. The number of rotatable bonds is 2. The van der Waals surface area contributed by atoms with Crippen molar-refractivity contribution in [1.82, 2.24) is 4.98 Å². The number of nitrogens with zero attached hydrogens (tertiary/aromatic N) is 1. The predicted molar refractivity (Wildman–Crippen MR) is 55.2 cm³/mol. The minimum Gasteiger partial charge on any atom is -0.473 e. The van der Waals surface area contributed by atoms with Crippen molar-refractivity contribution in [1.29, 1.82) is 0 Å². The molecule has 0 aliphatic heterocycles. The highest BCUT2D eigenvalue weighted by molar-refractivity contribution is 5.19. The van der Waals surface area contributed by atoms with E-state index in [1.54, 1.807) is 6.20 Å². The SMILES string of the molecule is Cc1ccnc(OC2CCCC2N)c1. The first-order chi connectivity index (χ1) is 6.75. The number of hydrogen-bond donors (Lipinski definition) is 1. The molecule has 2 atom stereocenters. The Kier molecular flexibility index (Phi) is 2.68. The Morgan fingerprint density at radius 2 is 2.36 bits per heavy atom. The van der Waals surface area contributed by atoms with Crippen molar-refractivity contribution in [2.75, 3.05) is 0 Å². The van der Waals surface area contributed by atoms with E-state index in [9.17, 15) is 0 Å². The van der Waals surface area contributed by atoms with E-state index in [2.05, 4.69) is 4.98 Å². The highest BCUT2D eigenvalue weighted by Gasteiger charge is 2.25. The molecule has 3 nitrogen and oxygen atoms in total. The fourth-order valence-electron chi connectivity index (χ4n) is 1.83. The Hall–Kier alpha value is -1.09. The van der Waals surface area contributed by atoms with Crippen LogP contribution in [0.4, 0.5) is 0 Å². The van der Waals surface area contributed by atoms with Crippen LogP contribution in [0.25, 0.3) is 0 Å². The highest BCUT2D eigenvalue weighted by Crippen LogP contribution is 2.22. The van der Waals surface area contributed by atoms with Gasteiger partial charge in [0.15, 0.2) is 0 Å². The zero-order valence-electron chi connectivity index (χ0n) is 8.44. The Balaban J connectivity index is 2.03. The molecule has 2 unspecified atom stereocenters. The van der Waals surface area contributed by atoms with Crippen LogP contribution in [0, 0.1) is 6.92 Å². The lowest BCUT2D eigenvalue weighted by atomic mass is 10.2. The summed E-state index contributed by atoms with van der Waals surface area (Å²) in [5.41, 5.74) is 7.08. The fourth-order valence-corrected chi connectivity index (χ4v) is 1.83. The third-order valence-electron chi connectivity index (χ3n) is 2.67. The molecular formula is C11H16N2O. The van der Waals surface area contributed by atoms with Gasteiger partial charge in [-0.15, -0.1) is 0 Å². The van der Waals surface area contributed by atoms with Gasteiger partial charge in [0.1, 0.15) is 6.10 Å². The second-order valence-electron chi connectivity index (χ2n) is 3.92. The van der Waals surface area contributed by atoms with Gasteiger partial charge in [0.2, 0.25) is 5.88 Å². The number of nitrogens with two attached hydrogens (primary N) is 1. The molecule has 2 rings (SSSR count). The maximum Gasteiger partial charge on any atom is 0.213 e. The van der Waals surface area contributed by atoms with Gasteiger partial charge in [-0.1, -0.05) is 0 Å². The fraction of sp³-hybridized carbons (Fsp3) is 0.545. The Morgan fingerprint density at radius 1 is 1.50 bits per heavy atom. The molecular weight excluding hydrogens is 176 g/mol. The summed E-state index contributed by atoms with van der Waals surface area (Å²) in [5, 5.41) is 0. The van der Waals surface area contributed by atoms with Gasteiger partial charge in [-0.2, -0.15) is 0 Å². The molecule has 14 heavy (non-hydrogen) atoms. The number of aromatic nitrogens is 1. The molecule has 2 N–H and O–H groups in total. The van der Waals surface area contributed by atoms with Crippen LogP contribution in [0.15, 0.2) is 18.3 Å². The van der Waals surface area contributed by atoms with Crippen LogP contribution in [-0.2, 0) is 0 Å². The van der Waals surface area contributed by atoms with E-state index in [0.717, 1.165) is 19.3 Å². The van der Waals surface area contributed by atoms with Crippen LogP contribution in [0.2, 0.25) is 0 Å². The minimum atomic E-state index is 0.157. The first-order valence-electron chi connectivity index (χ1n) is 5.10. The molecule has 1 fully saturated rings. The summed E-state index contributed by atoms with van der Waals surface area (Å²) in [4.78, 5) is 4.16. The summed E-state index contributed by atoms with van der Waals surface area (Å²) in [6.45, 7) is 2.03. The highest BCUT2D eigenvalue weighted by atomic mass is 16.5.